The average Bonchev–Trinajstić information content (AvgIpc) is 3.42. The van der Waals surface area contributed by atoms with Gasteiger partial charge in [0, 0.05) is 35.3 Å². The zero-order valence-electron chi connectivity index (χ0n) is 32.1. The van der Waals surface area contributed by atoms with Gasteiger partial charge in [0.15, 0.2) is 5.75 Å². The van der Waals surface area contributed by atoms with Crippen LogP contribution in [0.15, 0.2) is 124 Å². The van der Waals surface area contributed by atoms with Gasteiger partial charge in [-0.15, -0.1) is 25.6 Å². The molecule has 0 atom stereocenters. The van der Waals surface area contributed by atoms with Gasteiger partial charge in [-0.25, -0.2) is 0 Å². The van der Waals surface area contributed by atoms with Crippen molar-refractivity contribution >= 4 is 81.3 Å². The molecule has 5 aromatic rings. The number of methoxy groups -OCH3 is 4. The van der Waals surface area contributed by atoms with E-state index in [4.69, 9.17) is 24.7 Å². The highest BCUT2D eigenvalue weighted by Gasteiger charge is 2.25. The lowest BCUT2D eigenvalue weighted by Crippen LogP contribution is -2.08. The van der Waals surface area contributed by atoms with Crippen LogP contribution in [0, 0.1) is 0 Å². The zero-order chi connectivity index (χ0) is 44.4. The Kier molecular flexibility index (Phi) is 12.2. The van der Waals surface area contributed by atoms with E-state index in [1.807, 2.05) is 0 Å². The van der Waals surface area contributed by atoms with E-state index in [1.54, 1.807) is 0 Å². The molecule has 6 rings (SSSR count). The van der Waals surface area contributed by atoms with E-state index in [0.29, 0.717) is 6.07 Å². The minimum absolute atomic E-state index is 0.00888. The molecule has 0 aliphatic heterocycles. The Morgan fingerprint density at radius 2 is 1.07 bits per heavy atom. The number of aromatic hydroxyl groups is 1. The molecule has 1 aliphatic rings. The van der Waals surface area contributed by atoms with Crippen molar-refractivity contribution in [2.75, 3.05) is 34.2 Å². The number of nitrogen functional groups attached to an aromatic ring is 1. The molecule has 0 saturated carbocycles. The number of rotatable bonds is 13. The van der Waals surface area contributed by atoms with Crippen molar-refractivity contribution in [1.82, 2.24) is 0 Å². The van der Waals surface area contributed by atoms with E-state index < -0.39 is 56.5 Å². The summed E-state index contributed by atoms with van der Waals surface area (Å²) in [6, 6.07) is 12.8. The molecule has 0 aromatic heterocycles. The minimum atomic E-state index is -4.90. The highest BCUT2D eigenvalue weighted by molar-refractivity contribution is 7.86. The van der Waals surface area contributed by atoms with Crippen LogP contribution in [0.3, 0.4) is 0 Å². The molecule has 0 amide bonds. The molecular weight excluding hydrogens is 863 g/mol. The maximum atomic E-state index is 12.3. The lowest BCUT2D eigenvalue weighted by atomic mass is 10.1. The fraction of sp³-hybridized carbons (Fsp3) is 0.135. The number of allylic oxidation sites excluding steroid dienone is 2. The number of phenolic OH excluding ortho intramolecular Hbond substituents is 1. The van der Waals surface area contributed by atoms with Crippen LogP contribution in [-0.4, -0.2) is 72.5 Å². The van der Waals surface area contributed by atoms with Gasteiger partial charge in [-0.2, -0.15) is 30.4 Å². The van der Waals surface area contributed by atoms with Gasteiger partial charge in [-0.05, 0) is 65.4 Å². The van der Waals surface area contributed by atoms with Crippen LogP contribution in [0.5, 0.6) is 28.7 Å². The van der Waals surface area contributed by atoms with Crippen LogP contribution in [0.25, 0.3) is 16.8 Å². The number of ether oxygens (including phenoxy) is 4. The first-order valence-electron chi connectivity index (χ1n) is 17.1. The average molecular weight is 896 g/mol. The first-order valence-corrected chi connectivity index (χ1v) is 21.4. The minimum Gasteiger partial charge on any atom is -0.505 e. The van der Waals surface area contributed by atoms with Crippen LogP contribution < -0.4 is 24.7 Å². The Hall–Kier alpha value is -6.83. The molecule has 318 valence electrons. The summed E-state index contributed by atoms with van der Waals surface area (Å²) in [6.45, 7) is 0. The second-order valence-corrected chi connectivity index (χ2v) is 16.8. The summed E-state index contributed by atoms with van der Waals surface area (Å²) in [7, 11) is -9.22. The number of fused-ring (bicyclic) bond motifs is 2. The van der Waals surface area contributed by atoms with Gasteiger partial charge >= 0.3 is 0 Å². The number of anilines is 1. The number of hydrogen-bond acceptors (Lipinski definition) is 18. The molecule has 21 nitrogen and oxygen atoms in total. The van der Waals surface area contributed by atoms with Gasteiger partial charge in [0.1, 0.15) is 56.3 Å². The van der Waals surface area contributed by atoms with Crippen molar-refractivity contribution in [1.29, 1.82) is 0 Å². The number of hydrogen-bond donors (Lipinski definition) is 5. The van der Waals surface area contributed by atoms with Crippen molar-refractivity contribution in [3.8, 4) is 28.7 Å². The predicted molar refractivity (Wildman–Crippen MR) is 219 cm³/mol. The van der Waals surface area contributed by atoms with Crippen molar-refractivity contribution in [3.05, 3.63) is 89.6 Å². The number of benzene rings is 5. The Morgan fingerprint density at radius 3 is 1.54 bits per heavy atom. The summed E-state index contributed by atoms with van der Waals surface area (Å²) in [5.41, 5.74) is 6.36. The van der Waals surface area contributed by atoms with E-state index in [1.165, 1.54) is 89.1 Å². The van der Waals surface area contributed by atoms with Crippen molar-refractivity contribution in [3.63, 3.8) is 0 Å². The van der Waals surface area contributed by atoms with Crippen LogP contribution in [0.1, 0.15) is 11.1 Å². The van der Waals surface area contributed by atoms with Gasteiger partial charge in [0.05, 0.1) is 43.9 Å². The quantitative estimate of drug-likeness (QED) is 0.0425. The number of azo groups is 3. The molecule has 0 spiro atoms. The summed E-state index contributed by atoms with van der Waals surface area (Å²) in [5.74, 6) is -0.0826. The monoisotopic (exact) mass is 895 g/mol. The molecule has 0 heterocycles. The second kappa shape index (κ2) is 17.0. The molecule has 24 heteroatoms. The SMILES string of the molecule is COc1cc(N=Nc2cc(OC)c(N=Nc3c(S(=O)(=O)O)cc4cc(N)ccc4c3O)cc2OC)c(OC)cc1N=NC1=CCc2c(cc(S(=O)(=O)O)cc2S(=O)(=O)O)C=C1. The Balaban J connectivity index is 1.31. The lowest BCUT2D eigenvalue weighted by Gasteiger charge is -2.11. The van der Waals surface area contributed by atoms with Gasteiger partial charge in [0.25, 0.3) is 30.4 Å². The largest absolute Gasteiger partial charge is 0.505 e. The fourth-order valence-corrected chi connectivity index (χ4v) is 8.00. The maximum absolute atomic E-state index is 12.3. The molecule has 1 aliphatic carbocycles. The van der Waals surface area contributed by atoms with Crippen LogP contribution >= 0.6 is 0 Å². The third kappa shape index (κ3) is 9.48. The Bertz CT molecular complexity index is 3110. The van der Waals surface area contributed by atoms with E-state index >= 15 is 0 Å². The highest BCUT2D eigenvalue weighted by atomic mass is 32.2. The molecule has 0 fully saturated rings. The normalized spacial score (nSPS) is 13.5. The maximum Gasteiger partial charge on any atom is 0.296 e. The van der Waals surface area contributed by atoms with Gasteiger partial charge in [0.2, 0.25) is 0 Å². The summed E-state index contributed by atoms with van der Waals surface area (Å²) in [5, 5.41) is 36.5. The summed E-state index contributed by atoms with van der Waals surface area (Å²) >= 11 is 0. The zero-order valence-corrected chi connectivity index (χ0v) is 34.5. The second-order valence-electron chi connectivity index (χ2n) is 12.6. The topological polar surface area (TPSA) is 320 Å². The Labute approximate surface area is 347 Å². The molecule has 0 unspecified atom stereocenters. The van der Waals surface area contributed by atoms with E-state index in [-0.39, 0.29) is 85.5 Å². The van der Waals surface area contributed by atoms with E-state index in [0.717, 1.165) is 12.1 Å². The predicted octanol–water partition coefficient (Wildman–Crippen LogP) is 7.97. The highest BCUT2D eigenvalue weighted by Crippen LogP contribution is 2.46. The van der Waals surface area contributed by atoms with Crippen molar-refractivity contribution in [2.45, 2.75) is 21.1 Å². The smallest absolute Gasteiger partial charge is 0.296 e. The molecular formula is C37H33N7O14S3. The standard InChI is InChI=1S/C37H33N7O14S3/c1-55-30-16-27(31(56-2)15-26(30)40-39-22-7-5-19-12-23(59(46,47)48)14-34(60(49,50)51)24(19)10-8-22)41-42-28-17-33(58-4)29(18-32(28)57-3)43-44-36-35(61(52,53)54)13-20-11-21(38)6-9-25(20)37(36)45/h5-9,11-18,45H,10,38H2,1-4H3,(H,46,47,48)(H,49,50,51)(H,52,53,54). The van der Waals surface area contributed by atoms with Gasteiger partial charge in [-0.3, -0.25) is 13.7 Å². The molecule has 0 radical (unpaired) electrons. The van der Waals surface area contributed by atoms with Crippen LogP contribution in [-0.2, 0) is 36.8 Å². The molecule has 0 bridgehead atoms. The van der Waals surface area contributed by atoms with Crippen molar-refractivity contribution in [2.24, 2.45) is 30.7 Å². The molecule has 61 heavy (non-hydrogen) atoms. The summed E-state index contributed by atoms with van der Waals surface area (Å²) < 4.78 is 124. The Morgan fingerprint density at radius 1 is 0.574 bits per heavy atom. The first-order chi connectivity index (χ1) is 28.7. The third-order valence-electron chi connectivity index (χ3n) is 8.85. The lowest BCUT2D eigenvalue weighted by molar-refractivity contribution is 0.403. The van der Waals surface area contributed by atoms with Crippen molar-refractivity contribution < 1.29 is 63.0 Å². The fourth-order valence-electron chi connectivity index (χ4n) is 5.94. The first kappa shape index (κ1) is 43.7. The third-order valence-corrected chi connectivity index (χ3v) is 11.5. The summed E-state index contributed by atoms with van der Waals surface area (Å²) in [6.07, 6.45) is 4.13. The van der Waals surface area contributed by atoms with Crippen LogP contribution in [0.4, 0.5) is 34.1 Å². The number of nitrogens with zero attached hydrogens (tertiary/aromatic N) is 6. The number of nitrogens with two attached hydrogens (primary N) is 1. The van der Waals surface area contributed by atoms with Gasteiger partial charge in [-0.1, -0.05) is 12.2 Å². The van der Waals surface area contributed by atoms with Crippen LogP contribution in [0.2, 0.25) is 0 Å². The molecule has 6 N–H and O–H groups in total. The molecule has 5 aromatic carbocycles. The summed E-state index contributed by atoms with van der Waals surface area (Å²) in [4.78, 5) is -2.16. The molecule has 0 saturated heterocycles. The van der Waals surface area contributed by atoms with E-state index in [9.17, 15) is 44.0 Å². The van der Waals surface area contributed by atoms with E-state index in [2.05, 4.69) is 30.7 Å². The number of phenols is 1. The van der Waals surface area contributed by atoms with Gasteiger partial charge < -0.3 is 29.8 Å².